The minimum atomic E-state index is -0.432. The molecule has 0 aliphatic carbocycles. The van der Waals surface area contributed by atoms with E-state index in [9.17, 15) is 9.59 Å². The summed E-state index contributed by atoms with van der Waals surface area (Å²) in [5.74, 6) is -0.179. The quantitative estimate of drug-likeness (QED) is 0.806. The first kappa shape index (κ1) is 16.9. The molecule has 1 atom stereocenters. The van der Waals surface area contributed by atoms with Crippen molar-refractivity contribution in [1.82, 2.24) is 4.90 Å². The molecule has 1 aliphatic heterocycles. The summed E-state index contributed by atoms with van der Waals surface area (Å²) in [6, 6.07) is 14.1. The molecule has 0 saturated carbocycles. The summed E-state index contributed by atoms with van der Waals surface area (Å²) in [7, 11) is 0. The Balaban J connectivity index is 1.89. The summed E-state index contributed by atoms with van der Waals surface area (Å²) < 4.78 is 0. The summed E-state index contributed by atoms with van der Waals surface area (Å²) in [5, 5.41) is 9.03. The molecular formula is C21H20N2O2. The van der Waals surface area contributed by atoms with Crippen molar-refractivity contribution in [2.24, 2.45) is 0 Å². The van der Waals surface area contributed by atoms with E-state index in [1.54, 1.807) is 29.2 Å². The fourth-order valence-electron chi connectivity index (χ4n) is 3.35. The zero-order valence-corrected chi connectivity index (χ0v) is 14.5. The van der Waals surface area contributed by atoms with Gasteiger partial charge in [-0.1, -0.05) is 23.8 Å². The van der Waals surface area contributed by atoms with Crippen LogP contribution < -0.4 is 0 Å². The van der Waals surface area contributed by atoms with Gasteiger partial charge in [-0.05, 0) is 56.5 Å². The molecule has 1 aliphatic rings. The normalized spacial score (nSPS) is 16.5. The number of benzene rings is 2. The van der Waals surface area contributed by atoms with Gasteiger partial charge in [0.25, 0.3) is 5.91 Å². The van der Waals surface area contributed by atoms with E-state index in [0.29, 0.717) is 29.7 Å². The molecule has 1 fully saturated rings. The molecule has 1 heterocycles. The largest absolute Gasteiger partial charge is 0.328 e. The second-order valence-electron chi connectivity index (χ2n) is 6.53. The SMILES string of the molecule is Cc1ccc(C)c(C(=O)C2CCCN2C(=O)c2cccc(C#N)c2)c1. The third-order valence-electron chi connectivity index (χ3n) is 4.71. The smallest absolute Gasteiger partial charge is 0.254 e. The van der Waals surface area contributed by atoms with E-state index in [2.05, 4.69) is 0 Å². The third kappa shape index (κ3) is 3.32. The highest BCUT2D eigenvalue weighted by atomic mass is 16.2. The molecule has 0 N–H and O–H groups in total. The van der Waals surface area contributed by atoms with Crippen molar-refractivity contribution in [3.05, 3.63) is 70.3 Å². The highest BCUT2D eigenvalue weighted by Gasteiger charge is 2.35. The number of ketones is 1. The maximum atomic E-state index is 13.0. The molecule has 1 saturated heterocycles. The van der Waals surface area contributed by atoms with Crippen LogP contribution in [0.5, 0.6) is 0 Å². The first-order valence-corrected chi connectivity index (χ1v) is 8.44. The third-order valence-corrected chi connectivity index (χ3v) is 4.71. The van der Waals surface area contributed by atoms with E-state index in [1.807, 2.05) is 38.1 Å². The number of carbonyl (C=O) groups is 2. The fraction of sp³-hybridized carbons (Fsp3) is 0.286. The minimum absolute atomic E-state index is 0.00323. The van der Waals surface area contributed by atoms with Gasteiger partial charge in [-0.25, -0.2) is 0 Å². The molecule has 0 aromatic heterocycles. The highest BCUT2D eigenvalue weighted by molar-refractivity contribution is 6.05. The van der Waals surface area contributed by atoms with Crippen LogP contribution >= 0.6 is 0 Å². The predicted molar refractivity (Wildman–Crippen MR) is 95.5 cm³/mol. The van der Waals surface area contributed by atoms with Crippen molar-refractivity contribution in [3.8, 4) is 6.07 Å². The molecule has 0 spiro atoms. The maximum Gasteiger partial charge on any atom is 0.254 e. The summed E-state index contributed by atoms with van der Waals surface area (Å²) in [4.78, 5) is 27.6. The number of carbonyl (C=O) groups excluding carboxylic acids is 2. The summed E-state index contributed by atoms with van der Waals surface area (Å²) in [6.45, 7) is 4.45. The lowest BCUT2D eigenvalue weighted by Crippen LogP contribution is -2.40. The topological polar surface area (TPSA) is 61.2 Å². The zero-order chi connectivity index (χ0) is 18.0. The molecule has 4 heteroatoms. The van der Waals surface area contributed by atoms with Gasteiger partial charge in [-0.15, -0.1) is 0 Å². The van der Waals surface area contributed by atoms with E-state index in [-0.39, 0.29) is 11.7 Å². The molecule has 1 unspecified atom stereocenters. The number of rotatable bonds is 3. The van der Waals surface area contributed by atoms with Crippen LogP contribution in [0, 0.1) is 25.2 Å². The van der Waals surface area contributed by atoms with Gasteiger partial charge in [0.1, 0.15) is 0 Å². The van der Waals surface area contributed by atoms with Gasteiger partial charge in [-0.3, -0.25) is 9.59 Å². The average molecular weight is 332 g/mol. The maximum absolute atomic E-state index is 13.0. The number of hydrogen-bond donors (Lipinski definition) is 0. The van der Waals surface area contributed by atoms with E-state index in [1.165, 1.54) is 0 Å². The standard InChI is InChI=1S/C21H20N2O2/c1-14-8-9-15(2)18(11-14)20(24)19-7-4-10-23(19)21(25)17-6-3-5-16(12-17)13-22/h3,5-6,8-9,11-12,19H,4,7,10H2,1-2H3. The van der Waals surface area contributed by atoms with E-state index < -0.39 is 6.04 Å². The molecule has 1 amide bonds. The number of hydrogen-bond acceptors (Lipinski definition) is 3. The molecule has 2 aromatic carbocycles. The summed E-state index contributed by atoms with van der Waals surface area (Å²) >= 11 is 0. The number of amides is 1. The lowest BCUT2D eigenvalue weighted by atomic mass is 9.96. The number of nitriles is 1. The summed E-state index contributed by atoms with van der Waals surface area (Å²) in [5.41, 5.74) is 3.56. The lowest BCUT2D eigenvalue weighted by Gasteiger charge is -2.24. The monoisotopic (exact) mass is 332 g/mol. The molecule has 25 heavy (non-hydrogen) atoms. The Morgan fingerprint density at radius 3 is 2.72 bits per heavy atom. The molecule has 126 valence electrons. The van der Waals surface area contributed by atoms with Crippen LogP contribution in [0.2, 0.25) is 0 Å². The highest BCUT2D eigenvalue weighted by Crippen LogP contribution is 2.25. The molecule has 2 aromatic rings. The van der Waals surface area contributed by atoms with Crippen molar-refractivity contribution < 1.29 is 9.59 Å². The molecular weight excluding hydrogens is 312 g/mol. The zero-order valence-electron chi connectivity index (χ0n) is 14.5. The van der Waals surface area contributed by atoms with Gasteiger partial charge >= 0.3 is 0 Å². The van der Waals surface area contributed by atoms with E-state index >= 15 is 0 Å². The Kier molecular flexibility index (Phi) is 4.67. The van der Waals surface area contributed by atoms with Gasteiger partial charge in [0.05, 0.1) is 17.7 Å². The van der Waals surface area contributed by atoms with Gasteiger partial charge in [0.2, 0.25) is 0 Å². The number of likely N-dealkylation sites (tertiary alicyclic amines) is 1. The van der Waals surface area contributed by atoms with Crippen LogP contribution in [0.15, 0.2) is 42.5 Å². The summed E-state index contributed by atoms with van der Waals surface area (Å²) in [6.07, 6.45) is 1.49. The lowest BCUT2D eigenvalue weighted by molar-refractivity contribution is 0.0671. The minimum Gasteiger partial charge on any atom is -0.328 e. The number of nitrogens with zero attached hydrogens (tertiary/aromatic N) is 2. The molecule has 4 nitrogen and oxygen atoms in total. The molecule has 0 bridgehead atoms. The molecule has 3 rings (SSSR count). The van der Waals surface area contributed by atoms with Crippen LogP contribution in [-0.2, 0) is 0 Å². The number of Topliss-reactive ketones (excluding diaryl/α,β-unsaturated/α-hetero) is 1. The Morgan fingerprint density at radius 1 is 1.16 bits per heavy atom. The van der Waals surface area contributed by atoms with Crippen molar-refractivity contribution in [3.63, 3.8) is 0 Å². The van der Waals surface area contributed by atoms with E-state index in [0.717, 1.165) is 17.5 Å². The van der Waals surface area contributed by atoms with Crippen LogP contribution in [0.1, 0.15) is 50.2 Å². The average Bonchev–Trinajstić information content (AvgIpc) is 3.12. The van der Waals surface area contributed by atoms with Crippen LogP contribution in [0.25, 0.3) is 0 Å². The van der Waals surface area contributed by atoms with Crippen molar-refractivity contribution in [2.75, 3.05) is 6.54 Å². The van der Waals surface area contributed by atoms with Crippen LogP contribution in [0.3, 0.4) is 0 Å². The van der Waals surface area contributed by atoms with Gasteiger partial charge in [-0.2, -0.15) is 5.26 Å². The van der Waals surface area contributed by atoms with Crippen molar-refractivity contribution in [1.29, 1.82) is 5.26 Å². The van der Waals surface area contributed by atoms with Gasteiger partial charge < -0.3 is 4.90 Å². The Hall–Kier alpha value is -2.93. The first-order valence-electron chi connectivity index (χ1n) is 8.44. The van der Waals surface area contributed by atoms with E-state index in [4.69, 9.17) is 5.26 Å². The second-order valence-corrected chi connectivity index (χ2v) is 6.53. The van der Waals surface area contributed by atoms with Crippen molar-refractivity contribution in [2.45, 2.75) is 32.7 Å². The van der Waals surface area contributed by atoms with Gasteiger partial charge in [0, 0.05) is 17.7 Å². The Morgan fingerprint density at radius 2 is 1.96 bits per heavy atom. The fourth-order valence-corrected chi connectivity index (χ4v) is 3.35. The molecule has 0 radical (unpaired) electrons. The first-order chi connectivity index (χ1) is 12.0. The van der Waals surface area contributed by atoms with Crippen molar-refractivity contribution >= 4 is 11.7 Å². The number of aryl methyl sites for hydroxylation is 2. The second kappa shape index (κ2) is 6.90. The Labute approximate surface area is 147 Å². The van der Waals surface area contributed by atoms with Crippen LogP contribution in [0.4, 0.5) is 0 Å². The predicted octanol–water partition coefficient (Wildman–Crippen LogP) is 3.66. The van der Waals surface area contributed by atoms with Crippen LogP contribution in [-0.4, -0.2) is 29.2 Å². The Bertz CT molecular complexity index is 880. The van der Waals surface area contributed by atoms with Gasteiger partial charge in [0.15, 0.2) is 5.78 Å².